The summed E-state index contributed by atoms with van der Waals surface area (Å²) in [5, 5.41) is 3.41. The molecule has 1 fully saturated rings. The molecule has 0 saturated heterocycles. The van der Waals surface area contributed by atoms with Crippen LogP contribution in [0.4, 0.5) is 5.69 Å². The number of carbonyl (C=O) groups excluding carboxylic acids is 1. The van der Waals surface area contributed by atoms with Crippen LogP contribution in [0.25, 0.3) is 0 Å². The number of benzene rings is 1. The van der Waals surface area contributed by atoms with E-state index in [1.165, 1.54) is 19.8 Å². The van der Waals surface area contributed by atoms with E-state index in [-0.39, 0.29) is 12.1 Å². The standard InChI is InChI=1S/C15H20N2O3/c1-10(18)20-17-14-3-2-4-15-13(14)9-16-8-12(19-15)7-11-5-6-11/h2-4,11-12,16-17H,5-9H2,1H3. The summed E-state index contributed by atoms with van der Waals surface area (Å²) in [7, 11) is 0. The van der Waals surface area contributed by atoms with E-state index in [2.05, 4.69) is 10.8 Å². The summed E-state index contributed by atoms with van der Waals surface area (Å²) in [4.78, 5) is 15.8. The highest BCUT2D eigenvalue weighted by Crippen LogP contribution is 2.36. The molecule has 0 bridgehead atoms. The van der Waals surface area contributed by atoms with Gasteiger partial charge in [0.05, 0.1) is 5.69 Å². The van der Waals surface area contributed by atoms with Crippen molar-refractivity contribution in [2.24, 2.45) is 5.92 Å². The number of hydrogen-bond donors (Lipinski definition) is 2. The second-order valence-corrected chi connectivity index (χ2v) is 5.53. The minimum Gasteiger partial charge on any atom is -0.489 e. The summed E-state index contributed by atoms with van der Waals surface area (Å²) >= 11 is 0. The number of hydrogen-bond acceptors (Lipinski definition) is 5. The van der Waals surface area contributed by atoms with Crippen molar-refractivity contribution in [3.05, 3.63) is 23.8 Å². The molecule has 1 saturated carbocycles. The second kappa shape index (κ2) is 5.71. The SMILES string of the molecule is CC(=O)ONc1cccc2c1CNCC(CC1CC1)O2. The molecule has 20 heavy (non-hydrogen) atoms. The molecule has 5 nitrogen and oxygen atoms in total. The van der Waals surface area contributed by atoms with Gasteiger partial charge in [-0.3, -0.25) is 4.79 Å². The van der Waals surface area contributed by atoms with Crippen LogP contribution < -0.4 is 15.5 Å². The summed E-state index contributed by atoms with van der Waals surface area (Å²) in [5.41, 5.74) is 4.48. The smallest absolute Gasteiger partial charge is 0.329 e. The number of carbonyl (C=O) groups is 1. The molecule has 0 amide bonds. The predicted molar refractivity (Wildman–Crippen MR) is 75.3 cm³/mol. The Labute approximate surface area is 118 Å². The summed E-state index contributed by atoms with van der Waals surface area (Å²) in [6, 6.07) is 5.76. The maximum absolute atomic E-state index is 10.9. The number of nitrogens with one attached hydrogen (secondary N) is 2. The van der Waals surface area contributed by atoms with E-state index in [4.69, 9.17) is 9.57 Å². The first-order chi connectivity index (χ1) is 9.72. The lowest BCUT2D eigenvalue weighted by Gasteiger charge is -2.17. The van der Waals surface area contributed by atoms with Crippen molar-refractivity contribution < 1.29 is 14.4 Å². The number of anilines is 1. The van der Waals surface area contributed by atoms with Gasteiger partial charge in [-0.25, -0.2) is 5.48 Å². The lowest BCUT2D eigenvalue weighted by molar-refractivity contribution is -0.138. The lowest BCUT2D eigenvalue weighted by Crippen LogP contribution is -2.28. The van der Waals surface area contributed by atoms with Gasteiger partial charge in [0.25, 0.3) is 0 Å². The molecule has 1 heterocycles. The van der Waals surface area contributed by atoms with Crippen LogP contribution in [0, 0.1) is 5.92 Å². The van der Waals surface area contributed by atoms with Crippen LogP contribution in [-0.2, 0) is 16.2 Å². The van der Waals surface area contributed by atoms with Crippen molar-refractivity contribution in [2.45, 2.75) is 38.8 Å². The number of rotatable bonds is 4. The molecule has 0 spiro atoms. The highest BCUT2D eigenvalue weighted by atomic mass is 16.7. The van der Waals surface area contributed by atoms with Crippen LogP contribution in [-0.4, -0.2) is 18.6 Å². The molecule has 2 aliphatic rings. The van der Waals surface area contributed by atoms with E-state index in [0.29, 0.717) is 6.54 Å². The van der Waals surface area contributed by atoms with Gasteiger partial charge in [0.2, 0.25) is 0 Å². The molecule has 1 aliphatic carbocycles. The lowest BCUT2D eigenvalue weighted by atomic mass is 10.1. The highest BCUT2D eigenvalue weighted by molar-refractivity contribution is 5.68. The van der Waals surface area contributed by atoms with Gasteiger partial charge >= 0.3 is 5.97 Å². The van der Waals surface area contributed by atoms with Crippen molar-refractivity contribution >= 4 is 11.7 Å². The molecule has 108 valence electrons. The summed E-state index contributed by atoms with van der Waals surface area (Å²) in [6.07, 6.45) is 4.02. The summed E-state index contributed by atoms with van der Waals surface area (Å²) in [5.74, 6) is 1.35. The van der Waals surface area contributed by atoms with Gasteiger partial charge in [-0.1, -0.05) is 18.9 Å². The van der Waals surface area contributed by atoms with Crippen molar-refractivity contribution in [1.29, 1.82) is 0 Å². The minimum absolute atomic E-state index is 0.229. The van der Waals surface area contributed by atoms with Gasteiger partial charge < -0.3 is 14.9 Å². The Morgan fingerprint density at radius 1 is 1.50 bits per heavy atom. The zero-order valence-corrected chi connectivity index (χ0v) is 11.6. The fourth-order valence-electron chi connectivity index (χ4n) is 2.52. The van der Waals surface area contributed by atoms with E-state index in [1.807, 2.05) is 18.2 Å². The normalized spacial score (nSPS) is 21.4. The molecule has 1 aromatic carbocycles. The van der Waals surface area contributed by atoms with Crippen LogP contribution in [0.2, 0.25) is 0 Å². The van der Waals surface area contributed by atoms with Crippen molar-refractivity contribution in [3.8, 4) is 5.75 Å². The first-order valence-electron chi connectivity index (χ1n) is 7.15. The van der Waals surface area contributed by atoms with Crippen molar-refractivity contribution in [3.63, 3.8) is 0 Å². The maximum atomic E-state index is 10.9. The van der Waals surface area contributed by atoms with E-state index in [1.54, 1.807) is 0 Å². The third-order valence-electron chi connectivity index (χ3n) is 3.70. The molecule has 0 radical (unpaired) electrons. The zero-order valence-electron chi connectivity index (χ0n) is 11.6. The van der Waals surface area contributed by atoms with Crippen LogP contribution in [0.5, 0.6) is 5.75 Å². The highest BCUT2D eigenvalue weighted by Gasteiger charge is 2.28. The Bertz CT molecular complexity index is 500. The van der Waals surface area contributed by atoms with Gasteiger partial charge in [0.1, 0.15) is 11.9 Å². The zero-order chi connectivity index (χ0) is 13.9. The first-order valence-corrected chi connectivity index (χ1v) is 7.15. The maximum Gasteiger partial charge on any atom is 0.329 e. The Balaban J connectivity index is 1.74. The third kappa shape index (κ3) is 3.22. The van der Waals surface area contributed by atoms with Crippen molar-refractivity contribution in [1.82, 2.24) is 5.32 Å². The second-order valence-electron chi connectivity index (χ2n) is 5.53. The van der Waals surface area contributed by atoms with Crippen LogP contribution >= 0.6 is 0 Å². The third-order valence-corrected chi connectivity index (χ3v) is 3.70. The molecule has 1 aliphatic heterocycles. The Morgan fingerprint density at radius 3 is 3.10 bits per heavy atom. The molecule has 0 aromatic heterocycles. The largest absolute Gasteiger partial charge is 0.489 e. The van der Waals surface area contributed by atoms with Gasteiger partial charge in [-0.2, -0.15) is 0 Å². The molecular weight excluding hydrogens is 256 g/mol. The van der Waals surface area contributed by atoms with Gasteiger partial charge in [-0.15, -0.1) is 0 Å². The molecule has 3 rings (SSSR count). The average molecular weight is 276 g/mol. The van der Waals surface area contributed by atoms with Crippen LogP contribution in [0.3, 0.4) is 0 Å². The van der Waals surface area contributed by atoms with Crippen LogP contribution in [0.15, 0.2) is 18.2 Å². The Hall–Kier alpha value is -1.75. The average Bonchev–Trinajstić information content (AvgIpc) is 3.23. The Morgan fingerprint density at radius 2 is 2.35 bits per heavy atom. The van der Waals surface area contributed by atoms with Gasteiger partial charge in [-0.05, 0) is 24.5 Å². The molecular formula is C15H20N2O3. The fraction of sp³-hybridized carbons (Fsp3) is 0.533. The Kier molecular flexibility index (Phi) is 3.78. The topological polar surface area (TPSA) is 59.6 Å². The van der Waals surface area contributed by atoms with E-state index < -0.39 is 0 Å². The fourth-order valence-corrected chi connectivity index (χ4v) is 2.52. The number of fused-ring (bicyclic) bond motifs is 1. The van der Waals surface area contributed by atoms with E-state index in [9.17, 15) is 4.79 Å². The first kappa shape index (κ1) is 13.2. The van der Waals surface area contributed by atoms with Gasteiger partial charge in [0, 0.05) is 25.6 Å². The molecule has 1 unspecified atom stereocenters. The van der Waals surface area contributed by atoms with Gasteiger partial charge in [0.15, 0.2) is 0 Å². The van der Waals surface area contributed by atoms with Crippen molar-refractivity contribution in [2.75, 3.05) is 12.0 Å². The molecule has 1 aromatic rings. The van der Waals surface area contributed by atoms with E-state index in [0.717, 1.165) is 35.9 Å². The molecule has 1 atom stereocenters. The predicted octanol–water partition coefficient (Wildman–Crippen LogP) is 2.23. The summed E-state index contributed by atoms with van der Waals surface area (Å²) < 4.78 is 6.11. The minimum atomic E-state index is -0.364. The summed E-state index contributed by atoms with van der Waals surface area (Å²) in [6.45, 7) is 2.94. The van der Waals surface area contributed by atoms with E-state index >= 15 is 0 Å². The number of ether oxygens (including phenoxy) is 1. The molecule has 5 heteroatoms. The molecule has 2 N–H and O–H groups in total. The monoisotopic (exact) mass is 276 g/mol. The quantitative estimate of drug-likeness (QED) is 0.826. The van der Waals surface area contributed by atoms with Crippen LogP contribution in [0.1, 0.15) is 31.7 Å².